The number of fused-ring (bicyclic) bond motifs is 1. The third-order valence-electron chi connectivity index (χ3n) is 4.64. The fourth-order valence-electron chi connectivity index (χ4n) is 3.30. The minimum Gasteiger partial charge on any atom is -0.492 e. The summed E-state index contributed by atoms with van der Waals surface area (Å²) in [6.45, 7) is 1.27. The highest BCUT2D eigenvalue weighted by Crippen LogP contribution is 2.36. The minimum atomic E-state index is -0.426. The quantitative estimate of drug-likeness (QED) is 0.759. The van der Waals surface area contributed by atoms with E-state index in [1.54, 1.807) is 4.90 Å². The smallest absolute Gasteiger partial charge is 0.306 e. The molecule has 0 aromatic heterocycles. The van der Waals surface area contributed by atoms with Crippen molar-refractivity contribution in [1.82, 2.24) is 0 Å². The summed E-state index contributed by atoms with van der Waals surface area (Å²) in [6, 6.07) is 15.5. The molecule has 1 aliphatic heterocycles. The number of rotatable bonds is 7. The Morgan fingerprint density at radius 1 is 1.22 bits per heavy atom. The SMILES string of the molecule is COC(=O)CC1Cc2ccc(OCCN)cc2N(Cc2ccccc2)C1=O. The van der Waals surface area contributed by atoms with E-state index in [0.717, 1.165) is 16.8 Å². The normalized spacial score (nSPS) is 16.0. The summed E-state index contributed by atoms with van der Waals surface area (Å²) >= 11 is 0. The summed E-state index contributed by atoms with van der Waals surface area (Å²) in [4.78, 5) is 26.6. The first-order valence-electron chi connectivity index (χ1n) is 9.00. The summed E-state index contributed by atoms with van der Waals surface area (Å²) in [5.41, 5.74) is 8.36. The van der Waals surface area contributed by atoms with Gasteiger partial charge >= 0.3 is 5.97 Å². The van der Waals surface area contributed by atoms with Gasteiger partial charge in [0, 0.05) is 12.6 Å². The zero-order valence-electron chi connectivity index (χ0n) is 15.4. The summed E-state index contributed by atoms with van der Waals surface area (Å²) in [6.07, 6.45) is 0.581. The van der Waals surface area contributed by atoms with Gasteiger partial charge in [-0.2, -0.15) is 0 Å². The lowest BCUT2D eigenvalue weighted by molar-refractivity contribution is -0.143. The molecular weight excluding hydrogens is 344 g/mol. The predicted molar refractivity (Wildman–Crippen MR) is 102 cm³/mol. The molecule has 0 aliphatic carbocycles. The second-order valence-electron chi connectivity index (χ2n) is 6.52. The second-order valence-corrected chi connectivity index (χ2v) is 6.52. The lowest BCUT2D eigenvalue weighted by Crippen LogP contribution is -2.41. The number of esters is 1. The number of hydrogen-bond donors (Lipinski definition) is 1. The van der Waals surface area contributed by atoms with Gasteiger partial charge in [0.2, 0.25) is 5.91 Å². The molecule has 0 bridgehead atoms. The molecule has 1 atom stereocenters. The number of carbonyl (C=O) groups excluding carboxylic acids is 2. The van der Waals surface area contributed by atoms with Gasteiger partial charge in [-0.3, -0.25) is 9.59 Å². The van der Waals surface area contributed by atoms with Crippen molar-refractivity contribution in [2.24, 2.45) is 11.7 Å². The van der Waals surface area contributed by atoms with Crippen LogP contribution in [-0.4, -0.2) is 32.1 Å². The average Bonchev–Trinajstić information content (AvgIpc) is 2.70. The first kappa shape index (κ1) is 18.9. The van der Waals surface area contributed by atoms with Crippen molar-refractivity contribution < 1.29 is 19.1 Å². The standard InChI is InChI=1S/C21H24N2O4/c1-26-20(24)12-17-11-16-7-8-18(27-10-9-22)13-19(16)23(21(17)25)14-15-5-3-2-4-6-15/h2-8,13,17H,9-12,14,22H2,1H3. The van der Waals surface area contributed by atoms with E-state index in [0.29, 0.717) is 31.9 Å². The zero-order valence-corrected chi connectivity index (χ0v) is 15.4. The maximum Gasteiger partial charge on any atom is 0.306 e. The topological polar surface area (TPSA) is 81.9 Å². The van der Waals surface area contributed by atoms with Crippen LogP contribution in [-0.2, 0) is 27.3 Å². The summed E-state index contributed by atoms with van der Waals surface area (Å²) in [7, 11) is 1.34. The molecular formula is C21H24N2O4. The van der Waals surface area contributed by atoms with E-state index >= 15 is 0 Å². The number of nitrogens with two attached hydrogens (primary N) is 1. The highest BCUT2D eigenvalue weighted by molar-refractivity contribution is 5.99. The molecule has 0 fully saturated rings. The number of amides is 1. The van der Waals surface area contributed by atoms with Gasteiger partial charge in [-0.25, -0.2) is 0 Å². The Morgan fingerprint density at radius 2 is 2.00 bits per heavy atom. The van der Waals surface area contributed by atoms with Crippen LogP contribution in [0.15, 0.2) is 48.5 Å². The second kappa shape index (κ2) is 8.68. The van der Waals surface area contributed by atoms with Gasteiger partial charge in [0.1, 0.15) is 12.4 Å². The number of hydrogen-bond acceptors (Lipinski definition) is 5. The molecule has 6 nitrogen and oxygen atoms in total. The lowest BCUT2D eigenvalue weighted by atomic mass is 9.89. The first-order valence-corrected chi connectivity index (χ1v) is 9.00. The van der Waals surface area contributed by atoms with Crippen molar-refractivity contribution in [3.63, 3.8) is 0 Å². The van der Waals surface area contributed by atoms with Crippen LogP contribution in [0.25, 0.3) is 0 Å². The summed E-state index contributed by atoms with van der Waals surface area (Å²) in [5, 5.41) is 0. The molecule has 0 spiro atoms. The van der Waals surface area contributed by atoms with Gasteiger partial charge in [-0.1, -0.05) is 36.4 Å². The predicted octanol–water partition coefficient (Wildman–Crippen LogP) is 2.29. The Kier molecular flexibility index (Phi) is 6.08. The molecule has 0 saturated heterocycles. The van der Waals surface area contributed by atoms with Crippen LogP contribution in [0.2, 0.25) is 0 Å². The molecule has 1 heterocycles. The number of benzene rings is 2. The van der Waals surface area contributed by atoms with Gasteiger partial charge in [-0.05, 0) is 23.6 Å². The lowest BCUT2D eigenvalue weighted by Gasteiger charge is -2.34. The maximum atomic E-state index is 13.1. The van der Waals surface area contributed by atoms with E-state index in [9.17, 15) is 9.59 Å². The molecule has 142 valence electrons. The number of nitrogens with zero attached hydrogens (tertiary/aromatic N) is 1. The van der Waals surface area contributed by atoms with Crippen LogP contribution in [0.5, 0.6) is 5.75 Å². The number of anilines is 1. The van der Waals surface area contributed by atoms with E-state index in [1.165, 1.54) is 7.11 Å². The van der Waals surface area contributed by atoms with Crippen molar-refractivity contribution in [1.29, 1.82) is 0 Å². The van der Waals surface area contributed by atoms with Crippen molar-refractivity contribution in [2.45, 2.75) is 19.4 Å². The molecule has 2 N–H and O–H groups in total. The van der Waals surface area contributed by atoms with Crippen molar-refractivity contribution in [3.05, 3.63) is 59.7 Å². The van der Waals surface area contributed by atoms with Gasteiger partial charge in [0.05, 0.1) is 31.7 Å². The highest BCUT2D eigenvalue weighted by Gasteiger charge is 2.34. The molecule has 0 radical (unpaired) electrons. The van der Waals surface area contributed by atoms with Crippen molar-refractivity contribution >= 4 is 17.6 Å². The number of methoxy groups -OCH3 is 1. The van der Waals surface area contributed by atoms with E-state index in [2.05, 4.69) is 0 Å². The Labute approximate surface area is 158 Å². The molecule has 2 aromatic rings. The van der Waals surface area contributed by atoms with E-state index < -0.39 is 5.92 Å². The Balaban J connectivity index is 1.93. The van der Waals surface area contributed by atoms with Gasteiger partial charge in [0.15, 0.2) is 0 Å². The summed E-state index contributed by atoms with van der Waals surface area (Å²) in [5.74, 6) is -0.201. The van der Waals surface area contributed by atoms with E-state index in [4.69, 9.17) is 15.2 Å². The third-order valence-corrected chi connectivity index (χ3v) is 4.64. The Bertz CT molecular complexity index is 807. The van der Waals surface area contributed by atoms with Gasteiger partial charge in [-0.15, -0.1) is 0 Å². The van der Waals surface area contributed by atoms with Crippen LogP contribution in [0.1, 0.15) is 17.5 Å². The fraction of sp³-hybridized carbons (Fsp3) is 0.333. The average molecular weight is 368 g/mol. The molecule has 27 heavy (non-hydrogen) atoms. The van der Waals surface area contributed by atoms with Crippen LogP contribution in [0.3, 0.4) is 0 Å². The molecule has 0 saturated carbocycles. The molecule has 1 amide bonds. The third kappa shape index (κ3) is 4.46. The Hall–Kier alpha value is -2.86. The first-order chi connectivity index (χ1) is 13.1. The van der Waals surface area contributed by atoms with Gasteiger partial charge < -0.3 is 20.1 Å². The number of ether oxygens (including phenoxy) is 2. The van der Waals surface area contributed by atoms with Crippen LogP contribution >= 0.6 is 0 Å². The van der Waals surface area contributed by atoms with E-state index in [1.807, 2.05) is 48.5 Å². The van der Waals surface area contributed by atoms with Crippen LogP contribution < -0.4 is 15.4 Å². The fourth-order valence-corrected chi connectivity index (χ4v) is 3.30. The molecule has 6 heteroatoms. The van der Waals surface area contributed by atoms with Crippen molar-refractivity contribution in [3.8, 4) is 5.75 Å². The molecule has 1 unspecified atom stereocenters. The monoisotopic (exact) mass is 368 g/mol. The maximum absolute atomic E-state index is 13.1. The zero-order chi connectivity index (χ0) is 19.2. The van der Waals surface area contributed by atoms with Crippen molar-refractivity contribution in [2.75, 3.05) is 25.2 Å². The number of carbonyl (C=O) groups is 2. The minimum absolute atomic E-state index is 0.0749. The Morgan fingerprint density at radius 3 is 2.70 bits per heavy atom. The van der Waals surface area contributed by atoms with Crippen LogP contribution in [0.4, 0.5) is 5.69 Å². The molecule has 3 rings (SSSR count). The highest BCUT2D eigenvalue weighted by atomic mass is 16.5. The van der Waals surface area contributed by atoms with E-state index in [-0.39, 0.29) is 18.3 Å². The van der Waals surface area contributed by atoms with Crippen LogP contribution in [0, 0.1) is 5.92 Å². The molecule has 1 aliphatic rings. The molecule has 2 aromatic carbocycles. The summed E-state index contributed by atoms with van der Waals surface area (Å²) < 4.78 is 10.4. The van der Waals surface area contributed by atoms with Gasteiger partial charge in [0.25, 0.3) is 0 Å². The largest absolute Gasteiger partial charge is 0.492 e.